The number of hydrogen-bond acceptors (Lipinski definition) is 5. The van der Waals surface area contributed by atoms with E-state index in [4.69, 9.17) is 10.5 Å². The summed E-state index contributed by atoms with van der Waals surface area (Å²) in [5.41, 5.74) is 5.27. The topological polar surface area (TPSA) is 86.5 Å². The molecule has 0 saturated heterocycles. The Morgan fingerprint density at radius 1 is 1.42 bits per heavy atom. The number of nitrogens with two attached hydrogens (primary N) is 1. The number of nitrogen functional groups attached to an aromatic ring is 1. The van der Waals surface area contributed by atoms with E-state index in [1.165, 1.54) is 26.0 Å². The third-order valence-electron chi connectivity index (χ3n) is 2.53. The summed E-state index contributed by atoms with van der Waals surface area (Å²) in [4.78, 5) is 11.5. The Labute approximate surface area is 111 Å². The molecule has 0 aromatic heterocycles. The van der Waals surface area contributed by atoms with Crippen LogP contribution in [0.4, 0.5) is 10.1 Å². The van der Waals surface area contributed by atoms with E-state index in [-0.39, 0.29) is 23.6 Å². The minimum atomic E-state index is -3.28. The van der Waals surface area contributed by atoms with Crippen molar-refractivity contribution >= 4 is 21.5 Å². The summed E-state index contributed by atoms with van der Waals surface area (Å²) in [6.45, 7) is 2.77. The first-order chi connectivity index (χ1) is 8.74. The number of rotatable bonds is 5. The van der Waals surface area contributed by atoms with E-state index >= 15 is 0 Å². The third-order valence-corrected chi connectivity index (χ3v) is 4.70. The summed E-state index contributed by atoms with van der Waals surface area (Å²) in [5, 5.41) is -0.542. The third kappa shape index (κ3) is 4.20. The Bertz CT molecular complexity index is 569. The molecule has 1 rings (SSSR count). The van der Waals surface area contributed by atoms with Crippen LogP contribution >= 0.6 is 0 Å². The van der Waals surface area contributed by atoms with Crippen LogP contribution in [-0.4, -0.2) is 32.0 Å². The lowest BCUT2D eigenvalue weighted by Crippen LogP contribution is -2.22. The van der Waals surface area contributed by atoms with Crippen LogP contribution in [0.25, 0.3) is 0 Å². The zero-order chi connectivity index (χ0) is 14.6. The Kier molecular flexibility index (Phi) is 4.88. The van der Waals surface area contributed by atoms with Gasteiger partial charge in [0.25, 0.3) is 0 Å². The van der Waals surface area contributed by atoms with E-state index in [1.54, 1.807) is 0 Å². The number of anilines is 1. The average molecular weight is 289 g/mol. The van der Waals surface area contributed by atoms with Crippen molar-refractivity contribution < 1.29 is 22.3 Å². The summed E-state index contributed by atoms with van der Waals surface area (Å²) in [5.74, 6) is -1.99. The average Bonchev–Trinajstić information content (AvgIpc) is 2.28. The van der Waals surface area contributed by atoms with Crippen molar-refractivity contribution in [2.24, 2.45) is 0 Å². The van der Waals surface area contributed by atoms with E-state index in [9.17, 15) is 17.6 Å². The normalized spacial score (nSPS) is 11.6. The highest BCUT2D eigenvalue weighted by molar-refractivity contribution is 7.91. The molecule has 2 N–H and O–H groups in total. The number of sulfone groups is 1. The molecule has 0 saturated carbocycles. The zero-order valence-electron chi connectivity index (χ0n) is 10.7. The van der Waals surface area contributed by atoms with Gasteiger partial charge in [-0.25, -0.2) is 17.6 Å². The van der Waals surface area contributed by atoms with Gasteiger partial charge in [0.05, 0.1) is 16.6 Å². The number of carbonyl (C=O) groups is 1. The maximum absolute atomic E-state index is 13.4. The summed E-state index contributed by atoms with van der Waals surface area (Å²) in [6, 6.07) is 3.57. The quantitative estimate of drug-likeness (QED) is 0.654. The fourth-order valence-electron chi connectivity index (χ4n) is 1.26. The van der Waals surface area contributed by atoms with Crippen LogP contribution in [0.5, 0.6) is 0 Å². The monoisotopic (exact) mass is 289 g/mol. The standard InChI is InChI=1S/C12H16FNO4S/c1-8(2)19(16,17)6-5-18-12(15)10-4-3-9(14)7-11(10)13/h3-4,7-8H,5-6,14H2,1-2H3. The summed E-state index contributed by atoms with van der Waals surface area (Å²) >= 11 is 0. The van der Waals surface area contributed by atoms with Gasteiger partial charge in [-0.2, -0.15) is 0 Å². The van der Waals surface area contributed by atoms with Crippen molar-refractivity contribution in [1.29, 1.82) is 0 Å². The second kappa shape index (κ2) is 6.01. The van der Waals surface area contributed by atoms with Crippen LogP contribution in [0.2, 0.25) is 0 Å². The number of ether oxygens (including phenoxy) is 1. The molecule has 1 aromatic carbocycles. The molecule has 0 aliphatic heterocycles. The van der Waals surface area contributed by atoms with Crippen LogP contribution in [0.1, 0.15) is 24.2 Å². The first kappa shape index (κ1) is 15.4. The van der Waals surface area contributed by atoms with Gasteiger partial charge >= 0.3 is 5.97 Å². The van der Waals surface area contributed by atoms with Gasteiger partial charge in [-0.3, -0.25) is 0 Å². The molecule has 0 spiro atoms. The van der Waals surface area contributed by atoms with Gasteiger partial charge in [0, 0.05) is 5.69 Å². The van der Waals surface area contributed by atoms with Gasteiger partial charge in [0.1, 0.15) is 12.4 Å². The molecule has 0 atom stereocenters. The molecule has 0 aliphatic rings. The zero-order valence-corrected chi connectivity index (χ0v) is 11.5. The Morgan fingerprint density at radius 2 is 2.05 bits per heavy atom. The Hall–Kier alpha value is -1.63. The molecule has 0 aliphatic carbocycles. The number of halogens is 1. The van der Waals surface area contributed by atoms with E-state index < -0.39 is 26.9 Å². The smallest absolute Gasteiger partial charge is 0.341 e. The molecule has 0 bridgehead atoms. The lowest BCUT2D eigenvalue weighted by Gasteiger charge is -2.09. The van der Waals surface area contributed by atoms with Gasteiger partial charge in [-0.05, 0) is 32.0 Å². The van der Waals surface area contributed by atoms with E-state index in [1.807, 2.05) is 0 Å². The van der Waals surface area contributed by atoms with Crippen LogP contribution in [0.15, 0.2) is 18.2 Å². The summed E-state index contributed by atoms with van der Waals surface area (Å²) < 4.78 is 41.1. The van der Waals surface area contributed by atoms with E-state index in [0.717, 1.165) is 6.07 Å². The number of hydrogen-bond donors (Lipinski definition) is 1. The molecular weight excluding hydrogens is 273 g/mol. The Balaban J connectivity index is 2.62. The largest absolute Gasteiger partial charge is 0.461 e. The molecule has 1 aromatic rings. The van der Waals surface area contributed by atoms with Gasteiger partial charge in [-0.1, -0.05) is 0 Å². The molecule has 0 radical (unpaired) electrons. The molecular formula is C12H16FNO4S. The minimum Gasteiger partial charge on any atom is -0.461 e. The predicted molar refractivity (Wildman–Crippen MR) is 70.0 cm³/mol. The summed E-state index contributed by atoms with van der Waals surface area (Å²) in [6.07, 6.45) is 0. The van der Waals surface area contributed by atoms with Crippen LogP contribution in [-0.2, 0) is 14.6 Å². The molecule has 0 amide bonds. The molecule has 19 heavy (non-hydrogen) atoms. The fourth-order valence-corrected chi connectivity index (χ4v) is 2.05. The summed E-state index contributed by atoms with van der Waals surface area (Å²) in [7, 11) is -3.28. The first-order valence-corrected chi connectivity index (χ1v) is 7.39. The van der Waals surface area contributed by atoms with Crippen molar-refractivity contribution in [3.63, 3.8) is 0 Å². The SMILES string of the molecule is CC(C)S(=O)(=O)CCOC(=O)c1ccc(N)cc1F. The second-order valence-corrected chi connectivity index (χ2v) is 6.97. The van der Waals surface area contributed by atoms with Crippen molar-refractivity contribution in [2.45, 2.75) is 19.1 Å². The first-order valence-electron chi connectivity index (χ1n) is 5.68. The highest BCUT2D eigenvalue weighted by Gasteiger charge is 2.18. The van der Waals surface area contributed by atoms with Gasteiger partial charge < -0.3 is 10.5 Å². The fraction of sp³-hybridized carbons (Fsp3) is 0.417. The molecule has 0 unspecified atom stereocenters. The Morgan fingerprint density at radius 3 is 2.58 bits per heavy atom. The highest BCUT2D eigenvalue weighted by atomic mass is 32.2. The minimum absolute atomic E-state index is 0.191. The molecule has 7 heteroatoms. The van der Waals surface area contributed by atoms with Crippen molar-refractivity contribution in [2.75, 3.05) is 18.1 Å². The van der Waals surface area contributed by atoms with Crippen LogP contribution in [0, 0.1) is 5.82 Å². The van der Waals surface area contributed by atoms with E-state index in [0.29, 0.717) is 0 Å². The van der Waals surface area contributed by atoms with Crippen LogP contribution in [0.3, 0.4) is 0 Å². The predicted octanol–water partition coefficient (Wildman–Crippen LogP) is 1.39. The maximum atomic E-state index is 13.4. The van der Waals surface area contributed by atoms with Gasteiger partial charge in [-0.15, -0.1) is 0 Å². The van der Waals surface area contributed by atoms with Gasteiger partial charge in [0.15, 0.2) is 9.84 Å². The maximum Gasteiger partial charge on any atom is 0.341 e. The molecule has 0 fully saturated rings. The van der Waals surface area contributed by atoms with Gasteiger partial charge in [0.2, 0.25) is 0 Å². The van der Waals surface area contributed by atoms with Crippen molar-refractivity contribution in [3.05, 3.63) is 29.6 Å². The molecule has 0 heterocycles. The number of benzene rings is 1. The number of esters is 1. The number of carbonyl (C=O) groups excluding carboxylic acids is 1. The highest BCUT2D eigenvalue weighted by Crippen LogP contribution is 2.13. The van der Waals surface area contributed by atoms with Crippen molar-refractivity contribution in [1.82, 2.24) is 0 Å². The molecule has 5 nitrogen and oxygen atoms in total. The second-order valence-electron chi connectivity index (χ2n) is 4.29. The lowest BCUT2D eigenvalue weighted by atomic mass is 10.2. The lowest BCUT2D eigenvalue weighted by molar-refractivity contribution is 0.0524. The molecule has 106 valence electrons. The van der Waals surface area contributed by atoms with Crippen molar-refractivity contribution in [3.8, 4) is 0 Å². The van der Waals surface area contributed by atoms with E-state index in [2.05, 4.69) is 0 Å². The van der Waals surface area contributed by atoms with Crippen LogP contribution < -0.4 is 5.73 Å².